The van der Waals surface area contributed by atoms with E-state index in [0.29, 0.717) is 5.92 Å². The summed E-state index contributed by atoms with van der Waals surface area (Å²) in [6.45, 7) is 3.82. The third-order valence-electron chi connectivity index (χ3n) is 7.27. The number of hydrogen-bond donors (Lipinski definition) is 0. The molecular formula is C27H33N3O3S. The summed E-state index contributed by atoms with van der Waals surface area (Å²) in [7, 11) is 0.488. The lowest BCUT2D eigenvalue weighted by Crippen LogP contribution is -2.36. The standard InChI is InChI=1S/C27H33N3O3S/c1-19(20-15-17-30(18-16-20)34(31)23-13-11-21(32-2)12-14-23)26-28-25-10-6-5-9-24(25)27(29-26)33-22-7-3-4-8-22/h5-6,9-14,19-20,22H,3-4,7-8,15-18H2,1-2H3. The summed E-state index contributed by atoms with van der Waals surface area (Å²) >= 11 is 0. The quantitative estimate of drug-likeness (QED) is 0.448. The number of rotatable bonds is 7. The molecule has 6 nitrogen and oxygen atoms in total. The average Bonchev–Trinajstić information content (AvgIpc) is 3.41. The van der Waals surface area contributed by atoms with E-state index in [-0.39, 0.29) is 12.0 Å². The van der Waals surface area contributed by atoms with Crippen molar-refractivity contribution in [2.45, 2.75) is 62.4 Å². The van der Waals surface area contributed by atoms with E-state index in [4.69, 9.17) is 19.4 Å². The summed E-state index contributed by atoms with van der Waals surface area (Å²) in [5, 5.41) is 0.995. The first kappa shape index (κ1) is 23.2. The van der Waals surface area contributed by atoms with Crippen molar-refractivity contribution in [1.82, 2.24) is 14.3 Å². The average molecular weight is 480 g/mol. The second-order valence-electron chi connectivity index (χ2n) is 9.41. The fraction of sp³-hybridized carbons (Fsp3) is 0.481. The summed E-state index contributed by atoms with van der Waals surface area (Å²) in [6, 6.07) is 15.7. The largest absolute Gasteiger partial charge is 0.497 e. The Kier molecular flexibility index (Phi) is 7.11. The van der Waals surface area contributed by atoms with E-state index in [2.05, 4.69) is 23.4 Å². The zero-order chi connectivity index (χ0) is 23.5. The Balaban J connectivity index is 1.28. The van der Waals surface area contributed by atoms with Crippen LogP contribution in [0.3, 0.4) is 0 Å². The maximum absolute atomic E-state index is 13.1. The summed E-state index contributed by atoms with van der Waals surface area (Å²) in [4.78, 5) is 10.7. The van der Waals surface area contributed by atoms with E-state index in [9.17, 15) is 4.21 Å². The highest BCUT2D eigenvalue weighted by molar-refractivity contribution is 7.82. The van der Waals surface area contributed by atoms with Gasteiger partial charge >= 0.3 is 0 Å². The van der Waals surface area contributed by atoms with E-state index in [0.717, 1.165) is 72.0 Å². The van der Waals surface area contributed by atoms with Gasteiger partial charge in [-0.1, -0.05) is 19.1 Å². The highest BCUT2D eigenvalue weighted by atomic mass is 32.2. The summed E-state index contributed by atoms with van der Waals surface area (Å²) < 4.78 is 26.7. The molecule has 2 heterocycles. The highest BCUT2D eigenvalue weighted by Gasteiger charge is 2.30. The molecule has 2 aliphatic rings. The van der Waals surface area contributed by atoms with Crippen LogP contribution < -0.4 is 9.47 Å². The van der Waals surface area contributed by atoms with E-state index >= 15 is 0 Å². The van der Waals surface area contributed by atoms with Gasteiger partial charge in [-0.2, -0.15) is 4.98 Å². The predicted octanol–water partition coefficient (Wildman–Crippen LogP) is 5.50. The molecule has 2 aromatic carbocycles. The molecule has 1 saturated heterocycles. The van der Waals surface area contributed by atoms with Crippen molar-refractivity contribution < 1.29 is 13.7 Å². The fourth-order valence-corrected chi connectivity index (χ4v) is 6.33. The van der Waals surface area contributed by atoms with E-state index in [1.165, 1.54) is 12.8 Å². The Morgan fingerprint density at radius 3 is 2.38 bits per heavy atom. The van der Waals surface area contributed by atoms with Gasteiger partial charge in [0.05, 0.1) is 22.9 Å². The Morgan fingerprint density at radius 1 is 0.971 bits per heavy atom. The van der Waals surface area contributed by atoms with Crippen LogP contribution in [0.4, 0.5) is 0 Å². The van der Waals surface area contributed by atoms with E-state index in [1.807, 2.05) is 36.4 Å². The maximum Gasteiger partial charge on any atom is 0.225 e. The van der Waals surface area contributed by atoms with E-state index < -0.39 is 11.0 Å². The van der Waals surface area contributed by atoms with Crippen LogP contribution in [0.15, 0.2) is 53.4 Å². The number of fused-ring (bicyclic) bond motifs is 1. The van der Waals surface area contributed by atoms with Gasteiger partial charge in [-0.15, -0.1) is 0 Å². The lowest BCUT2D eigenvalue weighted by molar-refractivity contribution is 0.202. The number of ether oxygens (including phenoxy) is 2. The Morgan fingerprint density at radius 2 is 1.68 bits per heavy atom. The second kappa shape index (κ2) is 10.4. The molecule has 2 atom stereocenters. The highest BCUT2D eigenvalue weighted by Crippen LogP contribution is 2.35. The first-order valence-electron chi connectivity index (χ1n) is 12.4. The molecule has 2 unspecified atom stereocenters. The van der Waals surface area contributed by atoms with Crippen LogP contribution in [0.25, 0.3) is 10.9 Å². The minimum Gasteiger partial charge on any atom is -0.497 e. The van der Waals surface area contributed by atoms with Crippen LogP contribution in [0.2, 0.25) is 0 Å². The SMILES string of the molecule is COc1ccc(S(=O)N2CCC(C(C)c3nc(OC4CCCC4)c4ccccc4n3)CC2)cc1. The molecular weight excluding hydrogens is 446 g/mol. The molecule has 1 aliphatic heterocycles. The molecule has 3 aromatic rings. The van der Waals surface area contributed by atoms with Crippen molar-refractivity contribution >= 4 is 21.9 Å². The Bertz CT molecular complexity index is 1140. The van der Waals surface area contributed by atoms with Crippen molar-refractivity contribution in [2.75, 3.05) is 20.2 Å². The van der Waals surface area contributed by atoms with Crippen LogP contribution in [0.5, 0.6) is 11.6 Å². The molecule has 1 aromatic heterocycles. The third kappa shape index (κ3) is 4.96. The van der Waals surface area contributed by atoms with Crippen molar-refractivity contribution in [2.24, 2.45) is 5.92 Å². The zero-order valence-corrected chi connectivity index (χ0v) is 20.8. The lowest BCUT2D eigenvalue weighted by Gasteiger charge is -2.33. The zero-order valence-electron chi connectivity index (χ0n) is 20.0. The van der Waals surface area contributed by atoms with Crippen molar-refractivity contribution in [3.05, 3.63) is 54.4 Å². The van der Waals surface area contributed by atoms with Crippen LogP contribution in [0, 0.1) is 5.92 Å². The van der Waals surface area contributed by atoms with Gasteiger partial charge in [0.2, 0.25) is 5.88 Å². The van der Waals surface area contributed by atoms with Gasteiger partial charge in [0.25, 0.3) is 0 Å². The van der Waals surface area contributed by atoms with Gasteiger partial charge in [-0.05, 0) is 80.8 Å². The number of nitrogens with zero attached hydrogens (tertiary/aromatic N) is 3. The number of hydrogen-bond acceptors (Lipinski definition) is 5. The molecule has 34 heavy (non-hydrogen) atoms. The third-order valence-corrected chi connectivity index (χ3v) is 8.78. The summed E-state index contributed by atoms with van der Waals surface area (Å²) in [6.07, 6.45) is 6.87. The minimum absolute atomic E-state index is 0.215. The molecule has 0 radical (unpaired) electrons. The molecule has 5 rings (SSSR count). The molecule has 0 N–H and O–H groups in total. The second-order valence-corrected chi connectivity index (χ2v) is 10.9. The maximum atomic E-state index is 13.1. The first-order valence-corrected chi connectivity index (χ1v) is 13.5. The van der Waals surface area contributed by atoms with Crippen LogP contribution in [-0.4, -0.2) is 44.8 Å². The molecule has 7 heteroatoms. The van der Waals surface area contributed by atoms with Gasteiger partial charge < -0.3 is 9.47 Å². The molecule has 1 aliphatic carbocycles. The molecule has 0 bridgehead atoms. The van der Waals surface area contributed by atoms with Gasteiger partial charge in [0.1, 0.15) is 28.7 Å². The monoisotopic (exact) mass is 479 g/mol. The normalized spacial score (nSPS) is 19.8. The van der Waals surface area contributed by atoms with Crippen molar-refractivity contribution in [3.63, 3.8) is 0 Å². The number of aromatic nitrogens is 2. The number of para-hydroxylation sites is 1. The fourth-order valence-electron chi connectivity index (χ4n) is 5.12. The number of methoxy groups -OCH3 is 1. The van der Waals surface area contributed by atoms with Crippen LogP contribution in [0.1, 0.15) is 57.2 Å². The Labute approximate surface area is 204 Å². The number of benzene rings is 2. The lowest BCUT2D eigenvalue weighted by atomic mass is 9.85. The molecule has 2 fully saturated rings. The van der Waals surface area contributed by atoms with Gasteiger partial charge in [0.15, 0.2) is 0 Å². The minimum atomic E-state index is -1.15. The predicted molar refractivity (Wildman–Crippen MR) is 135 cm³/mol. The van der Waals surface area contributed by atoms with Crippen LogP contribution >= 0.6 is 0 Å². The van der Waals surface area contributed by atoms with E-state index in [1.54, 1.807) is 7.11 Å². The summed E-state index contributed by atoms with van der Waals surface area (Å²) in [5.41, 5.74) is 0.949. The van der Waals surface area contributed by atoms with Crippen molar-refractivity contribution in [3.8, 4) is 11.6 Å². The van der Waals surface area contributed by atoms with Crippen LogP contribution in [-0.2, 0) is 11.0 Å². The first-order chi connectivity index (χ1) is 16.6. The van der Waals surface area contributed by atoms with Gasteiger partial charge in [-0.25, -0.2) is 13.5 Å². The molecule has 180 valence electrons. The summed E-state index contributed by atoms with van der Waals surface area (Å²) in [5.74, 6) is 3.04. The smallest absolute Gasteiger partial charge is 0.225 e. The Hall–Kier alpha value is -2.51. The van der Waals surface area contributed by atoms with Gasteiger partial charge in [0, 0.05) is 19.0 Å². The van der Waals surface area contributed by atoms with Crippen molar-refractivity contribution in [1.29, 1.82) is 0 Å². The number of piperidine rings is 1. The molecule has 0 amide bonds. The topological polar surface area (TPSA) is 64.5 Å². The molecule has 1 saturated carbocycles. The van der Waals surface area contributed by atoms with Gasteiger partial charge in [-0.3, -0.25) is 0 Å². The molecule has 0 spiro atoms.